The first-order valence-electron chi connectivity index (χ1n) is 4.57. The molecule has 0 aromatic heterocycles. The van der Waals surface area contributed by atoms with Crippen LogP contribution < -0.4 is 0 Å². The minimum Gasteiger partial charge on any atom is -0.294 e. The molecule has 0 atom stereocenters. The number of carbonyl (C=O) groups is 1. The monoisotopic (exact) mass is 208 g/mol. The maximum absolute atomic E-state index is 13.1. The van der Waals surface area contributed by atoms with E-state index >= 15 is 0 Å². The van der Waals surface area contributed by atoms with Gasteiger partial charge in [-0.1, -0.05) is 6.07 Å². The Kier molecular flexibility index (Phi) is 3.99. The molecule has 0 saturated carbocycles. The standard InChI is InChI=1S/C12H10F2O/c1-2-3-4-8-11(15)9-6-5-7-10(13)12(9)14/h1,5-7H,3-4,8H2. The van der Waals surface area contributed by atoms with Crippen LogP contribution in [0.25, 0.3) is 0 Å². The molecule has 0 aliphatic heterocycles. The Morgan fingerprint density at radius 2 is 2.13 bits per heavy atom. The quantitative estimate of drug-likeness (QED) is 0.422. The fourth-order valence-electron chi connectivity index (χ4n) is 1.20. The molecule has 0 spiro atoms. The van der Waals surface area contributed by atoms with Crippen molar-refractivity contribution in [3.05, 3.63) is 35.4 Å². The van der Waals surface area contributed by atoms with Crippen molar-refractivity contribution in [3.63, 3.8) is 0 Å². The first kappa shape index (κ1) is 11.4. The summed E-state index contributed by atoms with van der Waals surface area (Å²) in [6, 6.07) is 3.57. The van der Waals surface area contributed by atoms with Gasteiger partial charge in [0.25, 0.3) is 0 Å². The van der Waals surface area contributed by atoms with Crippen LogP contribution in [0.4, 0.5) is 8.78 Å². The van der Waals surface area contributed by atoms with Gasteiger partial charge in [-0.15, -0.1) is 12.3 Å². The maximum Gasteiger partial charge on any atom is 0.169 e. The molecule has 0 bridgehead atoms. The molecular formula is C12H10F2O. The topological polar surface area (TPSA) is 17.1 Å². The molecule has 0 fully saturated rings. The highest BCUT2D eigenvalue weighted by Crippen LogP contribution is 2.14. The van der Waals surface area contributed by atoms with Gasteiger partial charge in [0.15, 0.2) is 17.4 Å². The molecule has 0 unspecified atom stereocenters. The molecule has 78 valence electrons. The normalized spacial score (nSPS) is 9.67. The van der Waals surface area contributed by atoms with Crippen molar-refractivity contribution in [1.29, 1.82) is 0 Å². The highest BCUT2D eigenvalue weighted by Gasteiger charge is 2.13. The fourth-order valence-corrected chi connectivity index (χ4v) is 1.20. The average Bonchev–Trinajstić information content (AvgIpc) is 2.22. The van der Waals surface area contributed by atoms with E-state index in [4.69, 9.17) is 6.42 Å². The van der Waals surface area contributed by atoms with Gasteiger partial charge in [-0.3, -0.25) is 4.79 Å². The zero-order chi connectivity index (χ0) is 11.3. The summed E-state index contributed by atoms with van der Waals surface area (Å²) in [5.41, 5.74) is -0.202. The van der Waals surface area contributed by atoms with Crippen molar-refractivity contribution in [2.45, 2.75) is 19.3 Å². The third-order valence-electron chi connectivity index (χ3n) is 1.98. The molecule has 15 heavy (non-hydrogen) atoms. The highest BCUT2D eigenvalue weighted by molar-refractivity contribution is 5.96. The van der Waals surface area contributed by atoms with Gasteiger partial charge in [0.05, 0.1) is 5.56 Å². The van der Waals surface area contributed by atoms with Crippen LogP contribution >= 0.6 is 0 Å². The van der Waals surface area contributed by atoms with Crippen LogP contribution in [0.5, 0.6) is 0 Å². The molecule has 1 aromatic carbocycles. The molecule has 0 aliphatic carbocycles. The van der Waals surface area contributed by atoms with Crippen molar-refractivity contribution in [1.82, 2.24) is 0 Å². The molecule has 0 amide bonds. The van der Waals surface area contributed by atoms with E-state index in [0.29, 0.717) is 12.8 Å². The molecule has 0 radical (unpaired) electrons. The largest absolute Gasteiger partial charge is 0.294 e. The lowest BCUT2D eigenvalue weighted by Crippen LogP contribution is -2.03. The molecule has 0 N–H and O–H groups in total. The Morgan fingerprint density at radius 3 is 2.80 bits per heavy atom. The van der Waals surface area contributed by atoms with Gasteiger partial charge in [0.1, 0.15) is 0 Å². The van der Waals surface area contributed by atoms with Gasteiger partial charge < -0.3 is 0 Å². The molecule has 3 heteroatoms. The van der Waals surface area contributed by atoms with Gasteiger partial charge in [-0.05, 0) is 18.6 Å². The van der Waals surface area contributed by atoms with Crippen molar-refractivity contribution >= 4 is 5.78 Å². The maximum atomic E-state index is 13.1. The number of hydrogen-bond acceptors (Lipinski definition) is 1. The summed E-state index contributed by atoms with van der Waals surface area (Å²) in [7, 11) is 0. The lowest BCUT2D eigenvalue weighted by molar-refractivity contribution is 0.0975. The Balaban J connectivity index is 2.75. The third kappa shape index (κ3) is 2.88. The fraction of sp³-hybridized carbons (Fsp3) is 0.250. The zero-order valence-electron chi connectivity index (χ0n) is 8.09. The Morgan fingerprint density at radius 1 is 1.40 bits per heavy atom. The molecule has 1 rings (SSSR count). The van der Waals surface area contributed by atoms with Crippen LogP contribution in [0.15, 0.2) is 18.2 Å². The van der Waals surface area contributed by atoms with E-state index in [1.165, 1.54) is 12.1 Å². The Labute approximate surface area is 87.1 Å². The Bertz CT molecular complexity index is 405. The van der Waals surface area contributed by atoms with Crippen LogP contribution in [-0.4, -0.2) is 5.78 Å². The molecule has 0 heterocycles. The van der Waals surface area contributed by atoms with Gasteiger partial charge in [-0.25, -0.2) is 8.78 Å². The average molecular weight is 208 g/mol. The van der Waals surface area contributed by atoms with E-state index in [0.717, 1.165) is 6.07 Å². The second-order valence-electron chi connectivity index (χ2n) is 3.08. The lowest BCUT2D eigenvalue weighted by Gasteiger charge is -2.01. The smallest absolute Gasteiger partial charge is 0.169 e. The van der Waals surface area contributed by atoms with E-state index in [2.05, 4.69) is 5.92 Å². The van der Waals surface area contributed by atoms with E-state index in [-0.39, 0.29) is 12.0 Å². The van der Waals surface area contributed by atoms with Crippen LogP contribution in [0.1, 0.15) is 29.6 Å². The number of Topliss-reactive ketones (excluding diaryl/α,β-unsaturated/α-hetero) is 1. The van der Waals surface area contributed by atoms with Crippen molar-refractivity contribution in [3.8, 4) is 12.3 Å². The molecule has 1 aromatic rings. The summed E-state index contributed by atoms with van der Waals surface area (Å²) >= 11 is 0. The van der Waals surface area contributed by atoms with Crippen LogP contribution in [0, 0.1) is 24.0 Å². The molecular weight excluding hydrogens is 198 g/mol. The number of halogens is 2. The van der Waals surface area contributed by atoms with Crippen LogP contribution in [-0.2, 0) is 0 Å². The van der Waals surface area contributed by atoms with Crippen molar-refractivity contribution in [2.75, 3.05) is 0 Å². The number of unbranched alkanes of at least 4 members (excludes halogenated alkanes) is 1. The molecule has 0 aliphatic rings. The number of rotatable bonds is 4. The summed E-state index contributed by atoms with van der Waals surface area (Å²) < 4.78 is 25.9. The lowest BCUT2D eigenvalue weighted by atomic mass is 10.0. The predicted octanol–water partition coefficient (Wildman–Crippen LogP) is 2.95. The number of carbonyl (C=O) groups excluding carboxylic acids is 1. The minimum absolute atomic E-state index is 0.143. The minimum atomic E-state index is -1.08. The van der Waals surface area contributed by atoms with Gasteiger partial charge in [-0.2, -0.15) is 0 Å². The second kappa shape index (κ2) is 5.26. The van der Waals surface area contributed by atoms with Crippen molar-refractivity contribution < 1.29 is 13.6 Å². The summed E-state index contributed by atoms with van der Waals surface area (Å²) in [6.45, 7) is 0. The number of ketones is 1. The van der Waals surface area contributed by atoms with E-state index in [1.54, 1.807) is 0 Å². The van der Waals surface area contributed by atoms with Crippen LogP contribution in [0.2, 0.25) is 0 Å². The second-order valence-corrected chi connectivity index (χ2v) is 3.08. The number of hydrogen-bond donors (Lipinski definition) is 0. The first-order valence-corrected chi connectivity index (χ1v) is 4.57. The van der Waals surface area contributed by atoms with Crippen molar-refractivity contribution in [2.24, 2.45) is 0 Å². The third-order valence-corrected chi connectivity index (χ3v) is 1.98. The van der Waals surface area contributed by atoms with E-state index in [1.807, 2.05) is 0 Å². The summed E-state index contributed by atoms with van der Waals surface area (Å²) in [5.74, 6) is -0.117. The van der Waals surface area contributed by atoms with Gasteiger partial charge in [0, 0.05) is 12.8 Å². The SMILES string of the molecule is C#CCCCC(=O)c1cccc(F)c1F. The number of terminal acetylenes is 1. The highest BCUT2D eigenvalue weighted by atomic mass is 19.2. The van der Waals surface area contributed by atoms with Crippen LogP contribution in [0.3, 0.4) is 0 Å². The molecule has 0 saturated heterocycles. The van der Waals surface area contributed by atoms with E-state index < -0.39 is 17.4 Å². The summed E-state index contributed by atoms with van der Waals surface area (Å²) in [5, 5.41) is 0. The summed E-state index contributed by atoms with van der Waals surface area (Å²) in [6.07, 6.45) is 6.11. The van der Waals surface area contributed by atoms with Gasteiger partial charge in [0.2, 0.25) is 0 Å². The summed E-state index contributed by atoms with van der Waals surface area (Å²) in [4.78, 5) is 11.4. The van der Waals surface area contributed by atoms with Gasteiger partial charge >= 0.3 is 0 Å². The Hall–Kier alpha value is -1.69. The number of benzene rings is 1. The first-order chi connectivity index (χ1) is 7.16. The molecule has 1 nitrogen and oxygen atoms in total. The predicted molar refractivity (Wildman–Crippen MR) is 53.4 cm³/mol. The van der Waals surface area contributed by atoms with E-state index in [9.17, 15) is 13.6 Å². The zero-order valence-corrected chi connectivity index (χ0v) is 8.09.